The molecule has 1 aromatic rings. The predicted octanol–water partition coefficient (Wildman–Crippen LogP) is 5.28. The topological polar surface area (TPSA) is 12.9 Å². The summed E-state index contributed by atoms with van der Waals surface area (Å²) in [6, 6.07) is 4.16. The maximum absolute atomic E-state index is 4.43. The molecule has 0 unspecified atom stereocenters. The molecule has 0 amide bonds. The molecule has 0 radical (unpaired) electrons. The van der Waals surface area contributed by atoms with Gasteiger partial charge in [-0.1, -0.05) is 35.2 Å². The number of hydrogen-bond acceptors (Lipinski definition) is 2. The highest BCUT2D eigenvalue weighted by Crippen LogP contribution is 2.41. The van der Waals surface area contributed by atoms with Crippen molar-refractivity contribution < 1.29 is 0 Å². The molecule has 2 rings (SSSR count). The van der Waals surface area contributed by atoms with Gasteiger partial charge < -0.3 is 0 Å². The molecule has 1 fully saturated rings. The van der Waals surface area contributed by atoms with Crippen LogP contribution in [0.3, 0.4) is 0 Å². The summed E-state index contributed by atoms with van der Waals surface area (Å²) < 4.78 is 1.05. The first kappa shape index (κ1) is 13.9. The molecule has 0 atom stereocenters. The molecule has 1 aromatic heterocycles. The van der Waals surface area contributed by atoms with Crippen LogP contribution in [0.1, 0.15) is 32.1 Å². The lowest BCUT2D eigenvalue weighted by Crippen LogP contribution is -2.28. The summed E-state index contributed by atoms with van der Waals surface area (Å²) in [4.78, 5) is 4.43. The Morgan fingerprint density at radius 2 is 2.00 bits per heavy atom. The Balaban J connectivity index is 1.93. The number of pyridine rings is 1. The Bertz CT molecular complexity index is 347. The second-order valence-corrected chi connectivity index (χ2v) is 7.27. The number of alkyl halides is 1. The molecule has 1 aliphatic rings. The fourth-order valence-electron chi connectivity index (χ4n) is 2.29. The third kappa shape index (κ3) is 3.97. The Morgan fingerprint density at radius 1 is 1.24 bits per heavy atom. The van der Waals surface area contributed by atoms with E-state index < -0.39 is 0 Å². The lowest BCUT2D eigenvalue weighted by Gasteiger charge is -2.35. The normalized spacial score (nSPS) is 19.2. The molecule has 4 heteroatoms. The van der Waals surface area contributed by atoms with Crippen molar-refractivity contribution in [2.75, 3.05) is 11.1 Å². The van der Waals surface area contributed by atoms with Crippen LogP contribution in [0.5, 0.6) is 0 Å². The van der Waals surface area contributed by atoms with Crippen molar-refractivity contribution in [3.05, 3.63) is 22.8 Å². The second kappa shape index (κ2) is 6.58. The highest BCUT2D eigenvalue weighted by molar-refractivity contribution is 9.10. The van der Waals surface area contributed by atoms with E-state index in [1.165, 1.54) is 37.9 Å². The standard InChI is InChI=1S/C13H17Br2NS/c14-9-13(6-2-1-3-7-13)10-17-12-5-4-11(15)8-16-12/h4-5,8H,1-3,6-7,9-10H2. The smallest absolute Gasteiger partial charge is 0.0960 e. The van der Waals surface area contributed by atoms with Crippen molar-refractivity contribution in [3.63, 3.8) is 0 Å². The van der Waals surface area contributed by atoms with Crippen LogP contribution in [0.4, 0.5) is 0 Å². The van der Waals surface area contributed by atoms with Gasteiger partial charge in [-0.25, -0.2) is 4.98 Å². The summed E-state index contributed by atoms with van der Waals surface area (Å²) in [5.74, 6) is 1.19. The number of rotatable bonds is 4. The molecule has 0 aromatic carbocycles. The average molecular weight is 379 g/mol. The molecule has 0 saturated heterocycles. The lowest BCUT2D eigenvalue weighted by atomic mass is 9.77. The molecule has 0 spiro atoms. The van der Waals surface area contributed by atoms with E-state index in [0.717, 1.165) is 14.8 Å². The molecule has 1 nitrogen and oxygen atoms in total. The Kier molecular flexibility index (Phi) is 5.37. The van der Waals surface area contributed by atoms with E-state index in [4.69, 9.17) is 0 Å². The van der Waals surface area contributed by atoms with Crippen LogP contribution in [-0.2, 0) is 0 Å². The largest absolute Gasteiger partial charge is 0.249 e. The number of thioether (sulfide) groups is 1. The van der Waals surface area contributed by atoms with Gasteiger partial charge in [-0.3, -0.25) is 0 Å². The van der Waals surface area contributed by atoms with Crippen LogP contribution in [-0.4, -0.2) is 16.1 Å². The van der Waals surface area contributed by atoms with Gasteiger partial charge in [0.25, 0.3) is 0 Å². The number of aromatic nitrogens is 1. The van der Waals surface area contributed by atoms with Crippen LogP contribution in [0.2, 0.25) is 0 Å². The Labute approximate surface area is 124 Å². The molecule has 0 bridgehead atoms. The molecule has 1 heterocycles. The SMILES string of the molecule is BrCC1(CSc2ccc(Br)cn2)CCCCC1. The summed E-state index contributed by atoms with van der Waals surface area (Å²) in [7, 11) is 0. The summed E-state index contributed by atoms with van der Waals surface area (Å²) >= 11 is 9.03. The van der Waals surface area contributed by atoms with Gasteiger partial charge in [0.1, 0.15) is 0 Å². The van der Waals surface area contributed by atoms with Crippen LogP contribution in [0.25, 0.3) is 0 Å². The monoisotopic (exact) mass is 377 g/mol. The maximum atomic E-state index is 4.43. The minimum absolute atomic E-state index is 0.498. The summed E-state index contributed by atoms with van der Waals surface area (Å²) in [6.07, 6.45) is 8.80. The Hall–Kier alpha value is 0.460. The zero-order valence-electron chi connectivity index (χ0n) is 9.79. The third-order valence-corrected chi connectivity index (χ3v) is 6.38. The van der Waals surface area contributed by atoms with E-state index in [0.29, 0.717) is 5.41 Å². The van der Waals surface area contributed by atoms with E-state index in [2.05, 4.69) is 49.0 Å². The first-order valence-corrected chi connectivity index (χ1v) is 8.94. The zero-order valence-corrected chi connectivity index (χ0v) is 13.8. The highest BCUT2D eigenvalue weighted by atomic mass is 79.9. The minimum atomic E-state index is 0.498. The van der Waals surface area contributed by atoms with Gasteiger partial charge in [-0.05, 0) is 46.3 Å². The summed E-state index contributed by atoms with van der Waals surface area (Å²) in [6.45, 7) is 0. The maximum Gasteiger partial charge on any atom is 0.0960 e. The van der Waals surface area contributed by atoms with Crippen LogP contribution < -0.4 is 0 Å². The molecule has 17 heavy (non-hydrogen) atoms. The first-order valence-electron chi connectivity index (χ1n) is 6.04. The van der Waals surface area contributed by atoms with Crippen molar-refractivity contribution in [2.24, 2.45) is 5.41 Å². The van der Waals surface area contributed by atoms with Crippen molar-refractivity contribution >= 4 is 43.6 Å². The van der Waals surface area contributed by atoms with Gasteiger partial charge >= 0.3 is 0 Å². The molecule has 0 N–H and O–H groups in total. The molecule has 0 aliphatic heterocycles. The molecular formula is C13H17Br2NS. The van der Waals surface area contributed by atoms with Crippen LogP contribution in [0, 0.1) is 5.41 Å². The summed E-state index contributed by atoms with van der Waals surface area (Å²) in [5, 5.41) is 2.27. The van der Waals surface area contributed by atoms with Gasteiger partial charge in [0, 0.05) is 21.8 Å². The minimum Gasteiger partial charge on any atom is -0.249 e. The van der Waals surface area contributed by atoms with Gasteiger partial charge in [0.2, 0.25) is 0 Å². The fraction of sp³-hybridized carbons (Fsp3) is 0.615. The van der Waals surface area contributed by atoms with E-state index in [-0.39, 0.29) is 0 Å². The summed E-state index contributed by atoms with van der Waals surface area (Å²) in [5.41, 5.74) is 0.498. The number of halogens is 2. The van der Waals surface area contributed by atoms with Crippen molar-refractivity contribution in [2.45, 2.75) is 37.1 Å². The third-order valence-electron chi connectivity index (χ3n) is 3.42. The van der Waals surface area contributed by atoms with E-state index in [1.54, 1.807) is 0 Å². The number of hydrogen-bond donors (Lipinski definition) is 0. The molecule has 1 saturated carbocycles. The highest BCUT2D eigenvalue weighted by Gasteiger charge is 2.30. The zero-order chi connectivity index (χ0) is 12.1. The molecule has 94 valence electrons. The van der Waals surface area contributed by atoms with Gasteiger partial charge in [0.15, 0.2) is 0 Å². The molecule has 1 aliphatic carbocycles. The van der Waals surface area contributed by atoms with Crippen molar-refractivity contribution in [3.8, 4) is 0 Å². The Morgan fingerprint density at radius 3 is 2.59 bits per heavy atom. The van der Waals surface area contributed by atoms with Gasteiger partial charge in [0.05, 0.1) is 5.03 Å². The first-order chi connectivity index (χ1) is 8.24. The van der Waals surface area contributed by atoms with Crippen molar-refractivity contribution in [1.82, 2.24) is 4.98 Å². The van der Waals surface area contributed by atoms with Gasteiger partial charge in [-0.2, -0.15) is 0 Å². The van der Waals surface area contributed by atoms with E-state index in [1.807, 2.05) is 18.0 Å². The molecular weight excluding hydrogens is 362 g/mol. The van der Waals surface area contributed by atoms with Crippen molar-refractivity contribution in [1.29, 1.82) is 0 Å². The van der Waals surface area contributed by atoms with Crippen LogP contribution in [0.15, 0.2) is 27.8 Å². The number of nitrogens with zero attached hydrogens (tertiary/aromatic N) is 1. The quantitative estimate of drug-likeness (QED) is 0.522. The van der Waals surface area contributed by atoms with E-state index in [9.17, 15) is 0 Å². The average Bonchev–Trinajstić information content (AvgIpc) is 2.39. The predicted molar refractivity (Wildman–Crippen MR) is 82.0 cm³/mol. The fourth-order valence-corrected chi connectivity index (χ4v) is 4.69. The second-order valence-electron chi connectivity index (χ2n) is 4.80. The van der Waals surface area contributed by atoms with Crippen LogP contribution >= 0.6 is 43.6 Å². The van der Waals surface area contributed by atoms with E-state index >= 15 is 0 Å². The lowest BCUT2D eigenvalue weighted by molar-refractivity contribution is 0.260. The van der Waals surface area contributed by atoms with Gasteiger partial charge in [-0.15, -0.1) is 11.8 Å².